The average molecular weight is 232 g/mol. The fraction of sp³-hybridized carbons (Fsp3) is 0.400. The predicted molar refractivity (Wildman–Crippen MR) is 70.1 cm³/mol. The first kappa shape index (κ1) is 13.5. The molecule has 0 amide bonds. The second kappa shape index (κ2) is 5.17. The van der Waals surface area contributed by atoms with Crippen LogP contribution in [0.5, 0.6) is 5.75 Å². The lowest BCUT2D eigenvalue weighted by Gasteiger charge is -2.20. The van der Waals surface area contributed by atoms with Crippen LogP contribution in [-0.2, 0) is 11.2 Å². The Hall–Kier alpha value is -1.57. The van der Waals surface area contributed by atoms with Crippen LogP contribution in [0.1, 0.15) is 33.3 Å². The summed E-state index contributed by atoms with van der Waals surface area (Å²) in [7, 11) is 0. The van der Waals surface area contributed by atoms with Gasteiger partial charge in [-0.05, 0) is 23.5 Å². The van der Waals surface area contributed by atoms with Crippen molar-refractivity contribution >= 4 is 5.97 Å². The molecule has 0 aliphatic carbocycles. The first-order valence-electron chi connectivity index (χ1n) is 5.85. The minimum atomic E-state index is -0.349. The maximum atomic E-state index is 11.9. The summed E-state index contributed by atoms with van der Waals surface area (Å²) in [6.07, 6.45) is 0.839. The zero-order chi connectivity index (χ0) is 13.1. The van der Waals surface area contributed by atoms with Gasteiger partial charge in [-0.1, -0.05) is 52.5 Å². The topological polar surface area (TPSA) is 26.3 Å². The highest BCUT2D eigenvalue weighted by Gasteiger charge is 2.23. The molecule has 1 aromatic rings. The van der Waals surface area contributed by atoms with Crippen LogP contribution in [0.15, 0.2) is 36.4 Å². The van der Waals surface area contributed by atoms with Crippen molar-refractivity contribution in [3.8, 4) is 5.75 Å². The Kier molecular flexibility index (Phi) is 4.11. The molecule has 0 heterocycles. The highest BCUT2D eigenvalue weighted by atomic mass is 16.5. The van der Waals surface area contributed by atoms with E-state index in [4.69, 9.17) is 4.74 Å². The monoisotopic (exact) mass is 232 g/mol. The number of aryl methyl sites for hydroxylation is 1. The predicted octanol–water partition coefficient (Wildman–Crippen LogP) is 3.76. The van der Waals surface area contributed by atoms with Crippen LogP contribution in [0.25, 0.3) is 0 Å². The molecule has 0 bridgehead atoms. The van der Waals surface area contributed by atoms with E-state index in [0.29, 0.717) is 11.3 Å². The molecule has 0 N–H and O–H groups in total. The Morgan fingerprint density at radius 1 is 1.29 bits per heavy atom. The van der Waals surface area contributed by atoms with E-state index < -0.39 is 0 Å². The Morgan fingerprint density at radius 2 is 1.88 bits per heavy atom. The quantitative estimate of drug-likeness (QED) is 0.450. The fourth-order valence-electron chi connectivity index (χ4n) is 1.36. The molecule has 0 saturated carbocycles. The third-order valence-corrected chi connectivity index (χ3v) is 2.71. The highest BCUT2D eigenvalue weighted by Crippen LogP contribution is 2.26. The van der Waals surface area contributed by atoms with E-state index in [9.17, 15) is 4.79 Å². The molecule has 1 aromatic carbocycles. The Bertz CT molecular complexity index is 425. The van der Waals surface area contributed by atoms with E-state index in [-0.39, 0.29) is 11.4 Å². The van der Waals surface area contributed by atoms with Gasteiger partial charge in [0.2, 0.25) is 0 Å². The molecular weight excluding hydrogens is 212 g/mol. The Balaban J connectivity index is 2.85. The van der Waals surface area contributed by atoms with Crippen molar-refractivity contribution in [1.82, 2.24) is 0 Å². The van der Waals surface area contributed by atoms with Gasteiger partial charge in [0.05, 0.1) is 0 Å². The lowest BCUT2D eigenvalue weighted by molar-refractivity contribution is -0.131. The minimum absolute atomic E-state index is 0.266. The molecule has 0 unspecified atom stereocenters. The molecule has 2 heteroatoms. The summed E-state index contributed by atoms with van der Waals surface area (Å²) in [6, 6.07) is 7.57. The molecular formula is C15H20O2. The summed E-state index contributed by atoms with van der Waals surface area (Å²) in [5.74, 6) is 0.281. The van der Waals surface area contributed by atoms with Gasteiger partial charge in [-0.3, -0.25) is 0 Å². The number of carbonyl (C=O) groups excluding carboxylic acids is 1. The molecule has 17 heavy (non-hydrogen) atoms. The van der Waals surface area contributed by atoms with Gasteiger partial charge in [0.25, 0.3) is 0 Å². The molecule has 92 valence electrons. The van der Waals surface area contributed by atoms with Crippen LogP contribution in [0.3, 0.4) is 0 Å². The third kappa shape index (κ3) is 3.45. The number of hydrogen-bond donors (Lipinski definition) is 0. The van der Waals surface area contributed by atoms with E-state index in [2.05, 4.69) is 6.58 Å². The van der Waals surface area contributed by atoms with Gasteiger partial charge in [0.15, 0.2) is 0 Å². The first-order chi connectivity index (χ1) is 7.86. The summed E-state index contributed by atoms with van der Waals surface area (Å²) in [5, 5.41) is 0. The number of carbonyl (C=O) groups is 1. The number of esters is 1. The van der Waals surface area contributed by atoms with Crippen molar-refractivity contribution in [2.45, 2.75) is 34.1 Å². The number of para-hydroxylation sites is 1. The van der Waals surface area contributed by atoms with Crippen molar-refractivity contribution in [2.75, 3.05) is 0 Å². The second-order valence-electron chi connectivity index (χ2n) is 5.08. The summed E-state index contributed by atoms with van der Waals surface area (Å²) >= 11 is 0. The van der Waals surface area contributed by atoms with Crippen LogP contribution < -0.4 is 4.74 Å². The standard InChI is InChI=1S/C15H20O2/c1-6-12-9-7-8-10-13(12)17-14(16)11(2)15(3,4)5/h7-10H,2,6H2,1,3-5H3. The number of rotatable bonds is 3. The molecule has 0 aliphatic heterocycles. The van der Waals surface area contributed by atoms with Crippen molar-refractivity contribution in [3.05, 3.63) is 42.0 Å². The molecule has 0 radical (unpaired) electrons. The molecule has 0 spiro atoms. The summed E-state index contributed by atoms with van der Waals surface area (Å²) < 4.78 is 5.39. The molecule has 0 aliphatic rings. The van der Waals surface area contributed by atoms with Gasteiger partial charge in [-0.25, -0.2) is 4.79 Å². The van der Waals surface area contributed by atoms with Crippen LogP contribution in [0.4, 0.5) is 0 Å². The zero-order valence-electron chi connectivity index (χ0n) is 11.0. The second-order valence-corrected chi connectivity index (χ2v) is 5.08. The van der Waals surface area contributed by atoms with Gasteiger partial charge in [-0.2, -0.15) is 0 Å². The summed E-state index contributed by atoms with van der Waals surface area (Å²) in [4.78, 5) is 11.9. The largest absolute Gasteiger partial charge is 0.423 e. The van der Waals surface area contributed by atoms with Gasteiger partial charge in [0.1, 0.15) is 5.75 Å². The van der Waals surface area contributed by atoms with Crippen molar-refractivity contribution in [2.24, 2.45) is 5.41 Å². The van der Waals surface area contributed by atoms with Crippen LogP contribution in [0, 0.1) is 5.41 Å². The Labute approximate surface area is 103 Å². The fourth-order valence-corrected chi connectivity index (χ4v) is 1.36. The van der Waals surface area contributed by atoms with Crippen LogP contribution in [-0.4, -0.2) is 5.97 Å². The van der Waals surface area contributed by atoms with Crippen molar-refractivity contribution in [3.63, 3.8) is 0 Å². The number of hydrogen-bond acceptors (Lipinski definition) is 2. The van der Waals surface area contributed by atoms with Gasteiger partial charge < -0.3 is 4.74 Å². The van der Waals surface area contributed by atoms with Gasteiger partial charge in [0, 0.05) is 5.57 Å². The van der Waals surface area contributed by atoms with E-state index >= 15 is 0 Å². The van der Waals surface area contributed by atoms with E-state index in [1.807, 2.05) is 52.0 Å². The molecule has 0 atom stereocenters. The summed E-state index contributed by atoms with van der Waals surface area (Å²) in [6.45, 7) is 11.7. The van der Waals surface area contributed by atoms with Gasteiger partial charge in [-0.15, -0.1) is 0 Å². The van der Waals surface area contributed by atoms with E-state index in [1.165, 1.54) is 0 Å². The maximum Gasteiger partial charge on any atom is 0.339 e. The van der Waals surface area contributed by atoms with Crippen molar-refractivity contribution in [1.29, 1.82) is 0 Å². The summed E-state index contributed by atoms with van der Waals surface area (Å²) in [5.41, 5.74) is 1.25. The smallest absolute Gasteiger partial charge is 0.339 e. The van der Waals surface area contributed by atoms with Crippen molar-refractivity contribution < 1.29 is 9.53 Å². The molecule has 0 saturated heterocycles. The Morgan fingerprint density at radius 3 is 2.41 bits per heavy atom. The first-order valence-corrected chi connectivity index (χ1v) is 5.85. The SMILES string of the molecule is C=C(C(=O)Oc1ccccc1CC)C(C)(C)C. The maximum absolute atomic E-state index is 11.9. The zero-order valence-corrected chi connectivity index (χ0v) is 11.0. The number of ether oxygens (including phenoxy) is 1. The molecule has 1 rings (SSSR count). The minimum Gasteiger partial charge on any atom is -0.423 e. The average Bonchev–Trinajstić information content (AvgIpc) is 2.27. The normalized spacial score (nSPS) is 11.1. The van der Waals surface area contributed by atoms with E-state index in [0.717, 1.165) is 12.0 Å². The molecule has 0 fully saturated rings. The lowest BCUT2D eigenvalue weighted by atomic mass is 9.88. The molecule has 0 aromatic heterocycles. The number of benzene rings is 1. The molecule has 2 nitrogen and oxygen atoms in total. The van der Waals surface area contributed by atoms with E-state index in [1.54, 1.807) is 0 Å². The van der Waals surface area contributed by atoms with Gasteiger partial charge >= 0.3 is 5.97 Å². The third-order valence-electron chi connectivity index (χ3n) is 2.71. The van der Waals surface area contributed by atoms with Crippen LogP contribution >= 0.6 is 0 Å². The van der Waals surface area contributed by atoms with Crippen LogP contribution in [0.2, 0.25) is 0 Å². The highest BCUT2D eigenvalue weighted by molar-refractivity contribution is 5.90. The lowest BCUT2D eigenvalue weighted by Crippen LogP contribution is -2.21.